The van der Waals surface area contributed by atoms with Gasteiger partial charge in [0.1, 0.15) is 11.0 Å². The summed E-state index contributed by atoms with van der Waals surface area (Å²) in [6, 6.07) is -0.493. The maximum absolute atomic E-state index is 11.4. The fourth-order valence-electron chi connectivity index (χ4n) is 1.41. The molecular formula is C11H16N2O3S. The molecule has 1 aromatic heterocycles. The van der Waals surface area contributed by atoms with E-state index in [4.69, 9.17) is 4.74 Å². The first-order valence-corrected chi connectivity index (χ1v) is 6.15. The highest BCUT2D eigenvalue weighted by atomic mass is 32.1. The fraction of sp³-hybridized carbons (Fsp3) is 0.545. The maximum Gasteiger partial charge on any atom is 0.328 e. The van der Waals surface area contributed by atoms with Crippen molar-refractivity contribution in [2.24, 2.45) is 0 Å². The molecule has 0 amide bonds. The van der Waals surface area contributed by atoms with Crippen molar-refractivity contribution in [3.05, 3.63) is 11.3 Å². The van der Waals surface area contributed by atoms with Gasteiger partial charge in [-0.2, -0.15) is 4.37 Å². The summed E-state index contributed by atoms with van der Waals surface area (Å²) < 4.78 is 8.98. The first-order valence-electron chi connectivity index (χ1n) is 5.37. The summed E-state index contributed by atoms with van der Waals surface area (Å²) in [5, 5.41) is 3.58. The highest BCUT2D eigenvalue weighted by Crippen LogP contribution is 2.25. The molecule has 1 rings (SSSR count). The molecule has 5 nitrogen and oxygen atoms in total. The molecule has 0 aliphatic carbocycles. The Morgan fingerprint density at radius 1 is 1.53 bits per heavy atom. The van der Waals surface area contributed by atoms with Crippen LogP contribution in [-0.4, -0.2) is 28.8 Å². The van der Waals surface area contributed by atoms with E-state index in [-0.39, 0.29) is 11.8 Å². The van der Waals surface area contributed by atoms with Crippen molar-refractivity contribution >= 4 is 28.3 Å². The van der Waals surface area contributed by atoms with E-state index in [1.807, 2.05) is 0 Å². The van der Waals surface area contributed by atoms with Crippen molar-refractivity contribution in [1.29, 1.82) is 0 Å². The zero-order valence-corrected chi connectivity index (χ0v) is 11.2. The first-order chi connectivity index (χ1) is 7.97. The molecule has 17 heavy (non-hydrogen) atoms. The number of anilines is 1. The Morgan fingerprint density at radius 3 is 2.71 bits per heavy atom. The standard InChI is InChI=1S/C11H16N2O3S/c1-5-16-11(15)7(3)12-10-9(8(4)14)6(2)13-17-10/h7,12H,5H2,1-4H3. The third-order valence-corrected chi connectivity index (χ3v) is 3.07. The number of hydrogen-bond acceptors (Lipinski definition) is 6. The second kappa shape index (κ2) is 5.77. The van der Waals surface area contributed by atoms with Crippen LogP contribution in [-0.2, 0) is 9.53 Å². The predicted octanol–water partition coefficient (Wildman–Crippen LogP) is 2.02. The summed E-state index contributed by atoms with van der Waals surface area (Å²) >= 11 is 1.18. The third kappa shape index (κ3) is 3.26. The Hall–Kier alpha value is -1.43. The number of rotatable bonds is 5. The van der Waals surface area contributed by atoms with Crippen LogP contribution in [0, 0.1) is 6.92 Å². The van der Waals surface area contributed by atoms with E-state index < -0.39 is 6.04 Å². The summed E-state index contributed by atoms with van der Waals surface area (Å²) in [5.41, 5.74) is 1.23. The highest BCUT2D eigenvalue weighted by molar-refractivity contribution is 7.10. The Balaban J connectivity index is 2.81. The molecule has 0 spiro atoms. The van der Waals surface area contributed by atoms with E-state index >= 15 is 0 Å². The van der Waals surface area contributed by atoms with Crippen molar-refractivity contribution < 1.29 is 14.3 Å². The van der Waals surface area contributed by atoms with Crippen LogP contribution in [0.1, 0.15) is 36.8 Å². The molecular weight excluding hydrogens is 240 g/mol. The highest BCUT2D eigenvalue weighted by Gasteiger charge is 2.20. The molecule has 0 saturated heterocycles. The monoisotopic (exact) mass is 256 g/mol. The second-order valence-electron chi connectivity index (χ2n) is 3.65. The van der Waals surface area contributed by atoms with Gasteiger partial charge in [0.2, 0.25) is 0 Å². The summed E-state index contributed by atoms with van der Waals surface area (Å²) in [6.45, 7) is 7.04. The van der Waals surface area contributed by atoms with E-state index in [0.29, 0.717) is 22.9 Å². The minimum atomic E-state index is -0.493. The molecule has 1 aromatic rings. The van der Waals surface area contributed by atoms with E-state index in [1.54, 1.807) is 20.8 Å². The van der Waals surface area contributed by atoms with Gasteiger partial charge in [-0.25, -0.2) is 4.79 Å². The predicted molar refractivity (Wildman–Crippen MR) is 66.6 cm³/mol. The van der Waals surface area contributed by atoms with E-state index in [0.717, 1.165) is 0 Å². The lowest BCUT2D eigenvalue weighted by atomic mass is 10.2. The minimum absolute atomic E-state index is 0.0604. The van der Waals surface area contributed by atoms with Crippen molar-refractivity contribution in [3.8, 4) is 0 Å². The lowest BCUT2D eigenvalue weighted by Crippen LogP contribution is -2.28. The minimum Gasteiger partial charge on any atom is -0.464 e. The molecule has 1 atom stereocenters. The number of ketones is 1. The number of hydrogen-bond donors (Lipinski definition) is 1. The molecule has 0 saturated carbocycles. The van der Waals surface area contributed by atoms with Gasteiger partial charge in [0.25, 0.3) is 0 Å². The number of Topliss-reactive ketones (excluding diaryl/α,β-unsaturated/α-hetero) is 1. The van der Waals surface area contributed by atoms with Gasteiger partial charge in [0.05, 0.1) is 17.9 Å². The number of esters is 1. The van der Waals surface area contributed by atoms with Crippen molar-refractivity contribution in [2.75, 3.05) is 11.9 Å². The quantitative estimate of drug-likeness (QED) is 0.644. The van der Waals surface area contributed by atoms with Crippen molar-refractivity contribution in [3.63, 3.8) is 0 Å². The lowest BCUT2D eigenvalue weighted by Gasteiger charge is -2.12. The van der Waals surface area contributed by atoms with Gasteiger partial charge >= 0.3 is 5.97 Å². The Kier molecular flexibility index (Phi) is 4.62. The molecule has 1 unspecified atom stereocenters. The molecule has 1 N–H and O–H groups in total. The van der Waals surface area contributed by atoms with Crippen LogP contribution in [0.5, 0.6) is 0 Å². The summed E-state index contributed by atoms with van der Waals surface area (Å²) in [5.74, 6) is -0.400. The molecule has 0 radical (unpaired) electrons. The maximum atomic E-state index is 11.4. The van der Waals surface area contributed by atoms with Gasteiger partial charge in [-0.05, 0) is 39.2 Å². The van der Waals surface area contributed by atoms with Gasteiger partial charge in [0, 0.05) is 0 Å². The lowest BCUT2D eigenvalue weighted by molar-refractivity contribution is -0.143. The zero-order valence-electron chi connectivity index (χ0n) is 10.4. The average molecular weight is 256 g/mol. The number of nitrogens with zero attached hydrogens (tertiary/aromatic N) is 1. The molecule has 6 heteroatoms. The van der Waals surface area contributed by atoms with E-state index in [2.05, 4.69) is 9.69 Å². The summed E-state index contributed by atoms with van der Waals surface area (Å²) in [4.78, 5) is 22.9. The van der Waals surface area contributed by atoms with Crippen LogP contribution >= 0.6 is 11.5 Å². The average Bonchev–Trinajstić information content (AvgIpc) is 2.60. The van der Waals surface area contributed by atoms with Crippen LogP contribution in [0.4, 0.5) is 5.00 Å². The SMILES string of the molecule is CCOC(=O)C(C)Nc1snc(C)c1C(C)=O. The van der Waals surface area contributed by atoms with Crippen LogP contribution in [0.2, 0.25) is 0 Å². The van der Waals surface area contributed by atoms with Gasteiger partial charge < -0.3 is 10.1 Å². The molecule has 0 aliphatic heterocycles. The summed E-state index contributed by atoms with van der Waals surface area (Å²) in [6.07, 6.45) is 0. The Bertz CT molecular complexity index is 428. The first kappa shape index (κ1) is 13.6. The number of carbonyl (C=O) groups excluding carboxylic acids is 2. The van der Waals surface area contributed by atoms with Crippen LogP contribution in [0.3, 0.4) is 0 Å². The summed E-state index contributed by atoms with van der Waals surface area (Å²) in [7, 11) is 0. The number of nitrogens with one attached hydrogen (secondary N) is 1. The fourth-order valence-corrected chi connectivity index (χ4v) is 2.34. The van der Waals surface area contributed by atoms with Crippen molar-refractivity contribution in [2.45, 2.75) is 33.7 Å². The third-order valence-electron chi connectivity index (χ3n) is 2.20. The van der Waals surface area contributed by atoms with Gasteiger partial charge in [-0.15, -0.1) is 0 Å². The van der Waals surface area contributed by atoms with E-state index in [1.165, 1.54) is 18.5 Å². The van der Waals surface area contributed by atoms with Crippen molar-refractivity contribution in [1.82, 2.24) is 4.37 Å². The topological polar surface area (TPSA) is 68.3 Å². The zero-order chi connectivity index (χ0) is 13.0. The van der Waals surface area contributed by atoms with Gasteiger partial charge in [-0.3, -0.25) is 4.79 Å². The van der Waals surface area contributed by atoms with Gasteiger partial charge in [-0.1, -0.05) is 0 Å². The smallest absolute Gasteiger partial charge is 0.328 e. The van der Waals surface area contributed by atoms with E-state index in [9.17, 15) is 9.59 Å². The molecule has 94 valence electrons. The molecule has 0 bridgehead atoms. The number of aryl methyl sites for hydroxylation is 1. The van der Waals surface area contributed by atoms with Crippen LogP contribution < -0.4 is 5.32 Å². The number of ether oxygens (including phenoxy) is 1. The van der Waals surface area contributed by atoms with Crippen LogP contribution in [0.25, 0.3) is 0 Å². The number of carbonyl (C=O) groups is 2. The van der Waals surface area contributed by atoms with Gasteiger partial charge in [0.15, 0.2) is 5.78 Å². The second-order valence-corrected chi connectivity index (χ2v) is 4.42. The number of aromatic nitrogens is 1. The molecule has 0 fully saturated rings. The molecule has 1 heterocycles. The molecule has 0 aliphatic rings. The van der Waals surface area contributed by atoms with Crippen LogP contribution in [0.15, 0.2) is 0 Å². The Labute approximate surface area is 104 Å². The largest absolute Gasteiger partial charge is 0.464 e. The Morgan fingerprint density at radius 2 is 2.18 bits per heavy atom. The normalized spacial score (nSPS) is 12.0. The molecule has 0 aromatic carbocycles.